The van der Waals surface area contributed by atoms with Crippen LogP contribution in [0, 0.1) is 6.92 Å². The molecule has 1 rings (SSSR count). The zero-order chi connectivity index (χ0) is 10.6. The fraction of sp³-hybridized carbons (Fsp3) is 0.364. The molecule has 1 unspecified atom stereocenters. The van der Waals surface area contributed by atoms with Gasteiger partial charge in [0, 0.05) is 6.54 Å². The molecule has 1 aromatic carbocycles. The van der Waals surface area contributed by atoms with Crippen molar-refractivity contribution in [3.8, 4) is 0 Å². The van der Waals surface area contributed by atoms with Crippen molar-refractivity contribution in [2.24, 2.45) is 0 Å². The Kier molecular flexibility index (Phi) is 3.65. The molecule has 0 radical (unpaired) electrons. The van der Waals surface area contributed by atoms with E-state index in [2.05, 4.69) is 5.32 Å². The third kappa shape index (κ3) is 2.85. The highest BCUT2D eigenvalue weighted by molar-refractivity contribution is 5.72. The SMILES string of the molecule is Cc1ccccc1CNC(C)C(=O)O. The van der Waals surface area contributed by atoms with Crippen LogP contribution in [0.3, 0.4) is 0 Å². The van der Waals surface area contributed by atoms with Crippen molar-refractivity contribution in [1.29, 1.82) is 0 Å². The molecule has 1 atom stereocenters. The van der Waals surface area contributed by atoms with E-state index in [1.165, 1.54) is 5.56 Å². The normalized spacial score (nSPS) is 12.4. The van der Waals surface area contributed by atoms with Gasteiger partial charge in [0.2, 0.25) is 0 Å². The molecule has 0 aliphatic heterocycles. The van der Waals surface area contributed by atoms with Crippen molar-refractivity contribution in [2.45, 2.75) is 26.4 Å². The lowest BCUT2D eigenvalue weighted by atomic mass is 10.1. The maximum Gasteiger partial charge on any atom is 0.320 e. The Hall–Kier alpha value is -1.35. The lowest BCUT2D eigenvalue weighted by Crippen LogP contribution is -2.33. The lowest BCUT2D eigenvalue weighted by molar-refractivity contribution is -0.139. The summed E-state index contributed by atoms with van der Waals surface area (Å²) in [5.41, 5.74) is 2.32. The topological polar surface area (TPSA) is 49.3 Å². The molecule has 0 aromatic heterocycles. The second-order valence-corrected chi connectivity index (χ2v) is 3.37. The zero-order valence-electron chi connectivity index (χ0n) is 8.45. The quantitative estimate of drug-likeness (QED) is 0.763. The average molecular weight is 193 g/mol. The third-order valence-electron chi connectivity index (χ3n) is 2.23. The lowest BCUT2D eigenvalue weighted by Gasteiger charge is -2.10. The first-order chi connectivity index (χ1) is 6.61. The van der Waals surface area contributed by atoms with Crippen LogP contribution in [-0.2, 0) is 11.3 Å². The van der Waals surface area contributed by atoms with E-state index in [1.54, 1.807) is 6.92 Å². The van der Waals surface area contributed by atoms with Gasteiger partial charge in [-0.3, -0.25) is 4.79 Å². The Bertz CT molecular complexity index is 323. The van der Waals surface area contributed by atoms with Crippen LogP contribution in [0.4, 0.5) is 0 Å². The number of aliphatic carboxylic acids is 1. The molecule has 0 heterocycles. The standard InChI is InChI=1S/C11H15NO2/c1-8-5-3-4-6-10(8)7-12-9(2)11(13)14/h3-6,9,12H,7H2,1-2H3,(H,13,14). The first kappa shape index (κ1) is 10.7. The van der Waals surface area contributed by atoms with Crippen LogP contribution in [0.2, 0.25) is 0 Å². The predicted octanol–water partition coefficient (Wildman–Crippen LogP) is 1.56. The molecule has 0 saturated heterocycles. The number of aryl methyl sites for hydroxylation is 1. The minimum Gasteiger partial charge on any atom is -0.480 e. The van der Waals surface area contributed by atoms with Gasteiger partial charge in [0.1, 0.15) is 6.04 Å². The van der Waals surface area contributed by atoms with Gasteiger partial charge in [0.25, 0.3) is 0 Å². The smallest absolute Gasteiger partial charge is 0.320 e. The molecule has 0 aliphatic carbocycles. The van der Waals surface area contributed by atoms with E-state index in [0.29, 0.717) is 6.54 Å². The number of benzene rings is 1. The Morgan fingerprint density at radius 3 is 2.71 bits per heavy atom. The van der Waals surface area contributed by atoms with E-state index >= 15 is 0 Å². The maximum absolute atomic E-state index is 10.5. The van der Waals surface area contributed by atoms with E-state index in [9.17, 15) is 4.79 Å². The average Bonchev–Trinajstić information content (AvgIpc) is 2.16. The Balaban J connectivity index is 2.54. The van der Waals surface area contributed by atoms with Crippen molar-refractivity contribution in [3.05, 3.63) is 35.4 Å². The van der Waals surface area contributed by atoms with Crippen LogP contribution in [0.25, 0.3) is 0 Å². The van der Waals surface area contributed by atoms with Crippen LogP contribution in [0.5, 0.6) is 0 Å². The van der Waals surface area contributed by atoms with E-state index < -0.39 is 12.0 Å². The molecule has 76 valence electrons. The van der Waals surface area contributed by atoms with Gasteiger partial charge in [-0.25, -0.2) is 0 Å². The molecular weight excluding hydrogens is 178 g/mol. The van der Waals surface area contributed by atoms with E-state index in [-0.39, 0.29) is 0 Å². The van der Waals surface area contributed by atoms with E-state index in [0.717, 1.165) is 5.56 Å². The summed E-state index contributed by atoms with van der Waals surface area (Å²) in [6.07, 6.45) is 0. The summed E-state index contributed by atoms with van der Waals surface area (Å²) in [5, 5.41) is 11.6. The van der Waals surface area contributed by atoms with Gasteiger partial charge in [0.15, 0.2) is 0 Å². The van der Waals surface area contributed by atoms with E-state index in [1.807, 2.05) is 31.2 Å². The van der Waals surface area contributed by atoms with Crippen molar-refractivity contribution < 1.29 is 9.90 Å². The molecule has 14 heavy (non-hydrogen) atoms. The highest BCUT2D eigenvalue weighted by atomic mass is 16.4. The van der Waals surface area contributed by atoms with E-state index in [4.69, 9.17) is 5.11 Å². The summed E-state index contributed by atoms with van der Waals surface area (Å²) in [4.78, 5) is 10.5. The summed E-state index contributed by atoms with van der Waals surface area (Å²) in [6.45, 7) is 4.25. The fourth-order valence-electron chi connectivity index (χ4n) is 1.16. The van der Waals surface area contributed by atoms with Crippen molar-refractivity contribution in [2.75, 3.05) is 0 Å². The predicted molar refractivity (Wildman–Crippen MR) is 55.1 cm³/mol. The summed E-state index contributed by atoms with van der Waals surface area (Å²) in [6, 6.07) is 7.43. The number of hydrogen-bond donors (Lipinski definition) is 2. The molecule has 3 heteroatoms. The molecule has 2 N–H and O–H groups in total. The number of carboxylic acids is 1. The number of carbonyl (C=O) groups is 1. The minimum atomic E-state index is -0.821. The summed E-state index contributed by atoms with van der Waals surface area (Å²) >= 11 is 0. The molecule has 0 bridgehead atoms. The first-order valence-electron chi connectivity index (χ1n) is 4.62. The second-order valence-electron chi connectivity index (χ2n) is 3.37. The number of nitrogens with one attached hydrogen (secondary N) is 1. The zero-order valence-corrected chi connectivity index (χ0v) is 8.45. The molecule has 0 fully saturated rings. The molecule has 0 aliphatic rings. The highest BCUT2D eigenvalue weighted by Gasteiger charge is 2.09. The van der Waals surface area contributed by atoms with Gasteiger partial charge >= 0.3 is 5.97 Å². The van der Waals surface area contributed by atoms with Gasteiger partial charge in [-0.1, -0.05) is 24.3 Å². The Labute approximate surface area is 83.8 Å². The largest absolute Gasteiger partial charge is 0.480 e. The second kappa shape index (κ2) is 4.77. The summed E-state index contributed by atoms with van der Waals surface area (Å²) < 4.78 is 0. The molecule has 3 nitrogen and oxygen atoms in total. The van der Waals surface area contributed by atoms with Crippen LogP contribution >= 0.6 is 0 Å². The summed E-state index contributed by atoms with van der Waals surface area (Å²) in [7, 11) is 0. The van der Waals surface area contributed by atoms with Crippen LogP contribution < -0.4 is 5.32 Å². The minimum absolute atomic E-state index is 0.505. The molecule has 0 spiro atoms. The molecule has 1 aromatic rings. The summed E-state index contributed by atoms with van der Waals surface area (Å²) in [5.74, 6) is -0.821. The fourth-order valence-corrected chi connectivity index (χ4v) is 1.16. The van der Waals surface area contributed by atoms with Gasteiger partial charge in [0.05, 0.1) is 0 Å². The van der Waals surface area contributed by atoms with Crippen LogP contribution in [0.15, 0.2) is 24.3 Å². The Morgan fingerprint density at radius 2 is 2.14 bits per heavy atom. The van der Waals surface area contributed by atoms with Gasteiger partial charge < -0.3 is 10.4 Å². The van der Waals surface area contributed by atoms with Crippen LogP contribution in [0.1, 0.15) is 18.1 Å². The van der Waals surface area contributed by atoms with Crippen LogP contribution in [-0.4, -0.2) is 17.1 Å². The van der Waals surface area contributed by atoms with Gasteiger partial charge in [-0.15, -0.1) is 0 Å². The number of rotatable bonds is 4. The van der Waals surface area contributed by atoms with Crippen molar-refractivity contribution in [3.63, 3.8) is 0 Å². The van der Waals surface area contributed by atoms with Gasteiger partial charge in [-0.2, -0.15) is 0 Å². The molecule has 0 amide bonds. The highest BCUT2D eigenvalue weighted by Crippen LogP contribution is 2.06. The number of carboxylic acid groups (broad SMARTS) is 1. The molecular formula is C11H15NO2. The maximum atomic E-state index is 10.5. The Morgan fingerprint density at radius 1 is 1.50 bits per heavy atom. The first-order valence-corrected chi connectivity index (χ1v) is 4.62. The van der Waals surface area contributed by atoms with Gasteiger partial charge in [-0.05, 0) is 25.0 Å². The third-order valence-corrected chi connectivity index (χ3v) is 2.23. The van der Waals surface area contributed by atoms with Crippen molar-refractivity contribution in [1.82, 2.24) is 5.32 Å². The van der Waals surface area contributed by atoms with Crippen molar-refractivity contribution >= 4 is 5.97 Å². The number of hydrogen-bond acceptors (Lipinski definition) is 2. The monoisotopic (exact) mass is 193 g/mol. The molecule has 0 saturated carbocycles.